The molecule has 0 aromatic heterocycles. The molecule has 0 rings (SSSR count). The highest BCUT2D eigenvalue weighted by Crippen LogP contribution is 2.12. The minimum absolute atomic E-state index is 0.110. The van der Waals surface area contributed by atoms with Gasteiger partial charge in [-0.1, -0.05) is 19.3 Å². The highest BCUT2D eigenvalue weighted by Gasteiger charge is 2.15. The van der Waals surface area contributed by atoms with Crippen LogP contribution in [0.3, 0.4) is 0 Å². The number of Topliss-reactive ketones (excluding diaryl/α,β-unsaturated/α-hetero) is 1. The van der Waals surface area contributed by atoms with Gasteiger partial charge in [0.05, 0.1) is 0 Å². The number of hydrogen-bond donors (Lipinski definition) is 0. The van der Waals surface area contributed by atoms with Gasteiger partial charge < -0.3 is 9.53 Å². The Labute approximate surface area is 105 Å². The van der Waals surface area contributed by atoms with Crippen molar-refractivity contribution in [2.24, 2.45) is 0 Å². The molecule has 0 N–H and O–H groups in total. The zero-order valence-corrected chi connectivity index (χ0v) is 11.7. The maximum absolute atomic E-state index is 11.4. The van der Waals surface area contributed by atoms with E-state index in [9.17, 15) is 9.59 Å². The minimum Gasteiger partial charge on any atom is -0.460 e. The largest absolute Gasteiger partial charge is 0.460 e. The van der Waals surface area contributed by atoms with E-state index in [0.717, 1.165) is 32.1 Å². The van der Waals surface area contributed by atoms with Crippen LogP contribution >= 0.6 is 0 Å². The molecule has 0 aromatic carbocycles. The van der Waals surface area contributed by atoms with Crippen LogP contribution in [0.2, 0.25) is 0 Å². The van der Waals surface area contributed by atoms with Crippen LogP contribution in [0.1, 0.15) is 72.6 Å². The summed E-state index contributed by atoms with van der Waals surface area (Å²) in [6.45, 7) is 7.27. The predicted octanol–water partition coefficient (Wildman–Crippen LogP) is 3.65. The van der Waals surface area contributed by atoms with Crippen LogP contribution in [0.4, 0.5) is 0 Å². The fourth-order valence-electron chi connectivity index (χ4n) is 1.57. The summed E-state index contributed by atoms with van der Waals surface area (Å²) in [5, 5.41) is 0. The molecule has 0 unspecified atom stereocenters. The topological polar surface area (TPSA) is 43.4 Å². The molecule has 0 fully saturated rings. The molecule has 17 heavy (non-hydrogen) atoms. The van der Waals surface area contributed by atoms with Gasteiger partial charge in [-0.15, -0.1) is 0 Å². The van der Waals surface area contributed by atoms with Gasteiger partial charge in [-0.2, -0.15) is 0 Å². The summed E-state index contributed by atoms with van der Waals surface area (Å²) in [6, 6.07) is 0. The van der Waals surface area contributed by atoms with Gasteiger partial charge in [-0.05, 0) is 40.5 Å². The number of carbonyl (C=O) groups is 2. The van der Waals surface area contributed by atoms with Gasteiger partial charge >= 0.3 is 5.97 Å². The van der Waals surface area contributed by atoms with E-state index in [0.29, 0.717) is 12.8 Å². The van der Waals surface area contributed by atoms with Crippen LogP contribution in [0.15, 0.2) is 0 Å². The molecule has 0 aliphatic carbocycles. The molecule has 3 heteroatoms. The number of carbonyl (C=O) groups excluding carboxylic acids is 2. The molecule has 0 aliphatic rings. The van der Waals surface area contributed by atoms with Crippen molar-refractivity contribution in [2.75, 3.05) is 0 Å². The molecule has 0 aliphatic heterocycles. The lowest BCUT2D eigenvalue weighted by molar-refractivity contribution is -0.154. The Morgan fingerprint density at radius 1 is 0.882 bits per heavy atom. The number of unbranched alkanes of at least 4 members (excludes halogenated alkanes) is 4. The Kier molecular flexibility index (Phi) is 7.85. The molecule has 0 bridgehead atoms. The smallest absolute Gasteiger partial charge is 0.306 e. The van der Waals surface area contributed by atoms with Crippen molar-refractivity contribution in [2.45, 2.75) is 78.2 Å². The van der Waals surface area contributed by atoms with Crippen LogP contribution in [0, 0.1) is 0 Å². The summed E-state index contributed by atoms with van der Waals surface area (Å²) in [5.74, 6) is 0.153. The number of hydrogen-bond acceptors (Lipinski definition) is 3. The van der Waals surface area contributed by atoms with E-state index < -0.39 is 0 Å². The van der Waals surface area contributed by atoms with Gasteiger partial charge in [0.2, 0.25) is 0 Å². The van der Waals surface area contributed by atoms with Gasteiger partial charge in [0.15, 0.2) is 0 Å². The highest BCUT2D eigenvalue weighted by atomic mass is 16.6. The average Bonchev–Trinajstić information content (AvgIpc) is 2.12. The number of rotatable bonds is 8. The van der Waals surface area contributed by atoms with Gasteiger partial charge in [-0.3, -0.25) is 4.79 Å². The van der Waals surface area contributed by atoms with Crippen molar-refractivity contribution in [3.8, 4) is 0 Å². The summed E-state index contributed by atoms with van der Waals surface area (Å²) in [5.41, 5.74) is -0.376. The van der Waals surface area contributed by atoms with Crippen LogP contribution in [0.5, 0.6) is 0 Å². The lowest BCUT2D eigenvalue weighted by atomic mass is 10.1. The molecule has 0 atom stereocenters. The van der Waals surface area contributed by atoms with E-state index in [1.165, 1.54) is 0 Å². The van der Waals surface area contributed by atoms with Crippen molar-refractivity contribution in [1.82, 2.24) is 0 Å². The van der Waals surface area contributed by atoms with Gasteiger partial charge in [0.25, 0.3) is 0 Å². The van der Waals surface area contributed by atoms with Crippen molar-refractivity contribution in [3.05, 3.63) is 0 Å². The molecule has 3 nitrogen and oxygen atoms in total. The minimum atomic E-state index is -0.376. The molecule has 0 aromatic rings. The third-order valence-corrected chi connectivity index (χ3v) is 2.33. The van der Waals surface area contributed by atoms with Gasteiger partial charge in [-0.25, -0.2) is 0 Å². The van der Waals surface area contributed by atoms with E-state index >= 15 is 0 Å². The molecule has 0 spiro atoms. The first-order valence-electron chi connectivity index (χ1n) is 6.52. The summed E-state index contributed by atoms with van der Waals surface area (Å²) in [7, 11) is 0. The number of ether oxygens (including phenoxy) is 1. The molecular formula is C14H26O3. The molecule has 0 radical (unpaired) electrons. The molecule has 0 saturated carbocycles. The van der Waals surface area contributed by atoms with Crippen molar-refractivity contribution in [3.63, 3.8) is 0 Å². The first-order valence-corrected chi connectivity index (χ1v) is 6.52. The van der Waals surface area contributed by atoms with E-state index in [-0.39, 0.29) is 17.4 Å². The van der Waals surface area contributed by atoms with Crippen molar-refractivity contribution in [1.29, 1.82) is 0 Å². The average molecular weight is 242 g/mol. The van der Waals surface area contributed by atoms with E-state index in [2.05, 4.69) is 0 Å². The van der Waals surface area contributed by atoms with E-state index in [4.69, 9.17) is 4.74 Å². The second-order valence-electron chi connectivity index (χ2n) is 5.56. The highest BCUT2D eigenvalue weighted by molar-refractivity contribution is 5.75. The monoisotopic (exact) mass is 242 g/mol. The fourth-order valence-corrected chi connectivity index (χ4v) is 1.57. The molecular weight excluding hydrogens is 216 g/mol. The summed E-state index contributed by atoms with van der Waals surface area (Å²) < 4.78 is 5.21. The third kappa shape index (κ3) is 13.1. The third-order valence-electron chi connectivity index (χ3n) is 2.33. The molecule has 0 heterocycles. The number of ketones is 1. The zero-order chi connectivity index (χ0) is 13.3. The molecule has 100 valence electrons. The maximum atomic E-state index is 11.4. The quantitative estimate of drug-likeness (QED) is 0.482. The van der Waals surface area contributed by atoms with Crippen LogP contribution in [0.25, 0.3) is 0 Å². The Morgan fingerprint density at radius 3 is 1.82 bits per heavy atom. The Balaban J connectivity index is 3.34. The SMILES string of the molecule is CC(=O)CCCCCCCC(=O)OC(C)(C)C. The normalized spacial score (nSPS) is 11.3. The lowest BCUT2D eigenvalue weighted by Gasteiger charge is -2.19. The predicted molar refractivity (Wildman–Crippen MR) is 68.8 cm³/mol. The molecule has 0 saturated heterocycles. The van der Waals surface area contributed by atoms with Gasteiger partial charge in [0, 0.05) is 12.8 Å². The van der Waals surface area contributed by atoms with Crippen LogP contribution < -0.4 is 0 Å². The Morgan fingerprint density at radius 2 is 1.35 bits per heavy atom. The second kappa shape index (κ2) is 8.26. The second-order valence-corrected chi connectivity index (χ2v) is 5.56. The van der Waals surface area contributed by atoms with Crippen molar-refractivity contribution < 1.29 is 14.3 Å². The van der Waals surface area contributed by atoms with Crippen molar-refractivity contribution >= 4 is 11.8 Å². The Bertz CT molecular complexity index is 238. The lowest BCUT2D eigenvalue weighted by Crippen LogP contribution is -2.23. The van der Waals surface area contributed by atoms with E-state index in [1.807, 2.05) is 20.8 Å². The summed E-state index contributed by atoms with van der Waals surface area (Å²) >= 11 is 0. The van der Waals surface area contributed by atoms with Gasteiger partial charge in [0.1, 0.15) is 11.4 Å². The number of esters is 1. The summed E-state index contributed by atoms with van der Waals surface area (Å²) in [4.78, 5) is 22.1. The fraction of sp³-hybridized carbons (Fsp3) is 0.857. The van der Waals surface area contributed by atoms with Crippen LogP contribution in [-0.2, 0) is 14.3 Å². The zero-order valence-electron chi connectivity index (χ0n) is 11.7. The standard InChI is InChI=1S/C14H26O3/c1-12(15)10-8-6-5-7-9-11-13(16)17-14(2,3)4/h5-11H2,1-4H3. The van der Waals surface area contributed by atoms with E-state index in [1.54, 1.807) is 6.92 Å². The molecule has 0 amide bonds. The maximum Gasteiger partial charge on any atom is 0.306 e. The summed E-state index contributed by atoms with van der Waals surface area (Å²) in [6.07, 6.45) is 6.26. The van der Waals surface area contributed by atoms with Crippen LogP contribution in [-0.4, -0.2) is 17.4 Å². The Hall–Kier alpha value is -0.860. The first kappa shape index (κ1) is 16.1. The first-order chi connectivity index (χ1) is 7.81.